The van der Waals surface area contributed by atoms with Crippen LogP contribution in [0.15, 0.2) is 49.1 Å². The van der Waals surface area contributed by atoms with Gasteiger partial charge in [0.1, 0.15) is 11.6 Å². The smallest absolute Gasteiger partial charge is 0.220 e. The summed E-state index contributed by atoms with van der Waals surface area (Å²) in [6.45, 7) is 0.857. The molecule has 3 aromatic rings. The van der Waals surface area contributed by atoms with Crippen LogP contribution in [0.1, 0.15) is 24.6 Å². The standard InChI is InChI=1S/C18H17FN6/c19-13-4-1-3-12(9-13)14-10-23-18(20)24-17(14)15-5-2-8-25(15)16-11-21-6-7-22-16/h1,3-4,6-7,9-11,15H,2,5,8H2,(H2,20,23,24)/t15-/m1/s1. The van der Waals surface area contributed by atoms with Crippen molar-refractivity contribution in [1.29, 1.82) is 0 Å². The molecule has 0 spiro atoms. The quantitative estimate of drug-likeness (QED) is 0.792. The van der Waals surface area contributed by atoms with E-state index in [1.165, 1.54) is 12.1 Å². The van der Waals surface area contributed by atoms with Crippen LogP contribution >= 0.6 is 0 Å². The van der Waals surface area contributed by atoms with Crippen molar-refractivity contribution in [3.05, 3.63) is 60.6 Å². The van der Waals surface area contributed by atoms with Crippen LogP contribution in [0.2, 0.25) is 0 Å². The van der Waals surface area contributed by atoms with E-state index in [1.54, 1.807) is 30.9 Å². The van der Waals surface area contributed by atoms with E-state index >= 15 is 0 Å². The fraction of sp³-hybridized carbons (Fsp3) is 0.222. The van der Waals surface area contributed by atoms with Gasteiger partial charge >= 0.3 is 0 Å². The van der Waals surface area contributed by atoms with Crippen LogP contribution in [0.3, 0.4) is 0 Å². The highest BCUT2D eigenvalue weighted by Crippen LogP contribution is 2.38. The molecule has 25 heavy (non-hydrogen) atoms. The third-order valence-electron chi connectivity index (χ3n) is 4.38. The first-order valence-corrected chi connectivity index (χ1v) is 8.13. The fourth-order valence-electron chi connectivity index (χ4n) is 3.31. The maximum Gasteiger partial charge on any atom is 0.220 e. The van der Waals surface area contributed by atoms with E-state index in [0.717, 1.165) is 42.0 Å². The van der Waals surface area contributed by atoms with Crippen molar-refractivity contribution in [2.24, 2.45) is 0 Å². The van der Waals surface area contributed by atoms with Gasteiger partial charge in [0.05, 0.1) is 17.9 Å². The van der Waals surface area contributed by atoms with Crippen LogP contribution in [-0.2, 0) is 0 Å². The normalized spacial score (nSPS) is 17.0. The average molecular weight is 336 g/mol. The van der Waals surface area contributed by atoms with Crippen molar-refractivity contribution in [2.45, 2.75) is 18.9 Å². The molecule has 1 aliphatic heterocycles. The second kappa shape index (κ2) is 6.43. The summed E-state index contributed by atoms with van der Waals surface area (Å²) in [6, 6.07) is 6.44. The Morgan fingerprint density at radius 3 is 2.88 bits per heavy atom. The number of anilines is 2. The van der Waals surface area contributed by atoms with Gasteiger partial charge in [-0.2, -0.15) is 0 Å². The minimum absolute atomic E-state index is 0.000248. The number of aromatic nitrogens is 4. The number of nitrogen functional groups attached to an aromatic ring is 1. The van der Waals surface area contributed by atoms with Gasteiger partial charge in [-0.15, -0.1) is 0 Å². The molecule has 1 saturated heterocycles. The number of nitrogens with zero attached hydrogens (tertiary/aromatic N) is 5. The largest absolute Gasteiger partial charge is 0.368 e. The number of hydrogen-bond donors (Lipinski definition) is 1. The third kappa shape index (κ3) is 3.00. The van der Waals surface area contributed by atoms with Gasteiger partial charge in [-0.3, -0.25) is 4.98 Å². The molecule has 0 amide bonds. The summed E-state index contributed by atoms with van der Waals surface area (Å²) in [6.07, 6.45) is 8.65. The third-order valence-corrected chi connectivity index (χ3v) is 4.38. The molecule has 1 aromatic carbocycles. The van der Waals surface area contributed by atoms with E-state index in [-0.39, 0.29) is 17.8 Å². The number of nitrogens with two attached hydrogens (primary N) is 1. The highest BCUT2D eigenvalue weighted by atomic mass is 19.1. The Balaban J connectivity index is 1.80. The average Bonchev–Trinajstić information content (AvgIpc) is 3.12. The molecule has 0 radical (unpaired) electrons. The van der Waals surface area contributed by atoms with Crippen molar-refractivity contribution in [3.63, 3.8) is 0 Å². The first kappa shape index (κ1) is 15.4. The molecule has 4 rings (SSSR count). The number of hydrogen-bond acceptors (Lipinski definition) is 6. The summed E-state index contributed by atoms with van der Waals surface area (Å²) >= 11 is 0. The molecule has 7 heteroatoms. The zero-order valence-corrected chi connectivity index (χ0v) is 13.5. The molecule has 1 fully saturated rings. The fourth-order valence-corrected chi connectivity index (χ4v) is 3.31. The monoisotopic (exact) mass is 336 g/mol. The topological polar surface area (TPSA) is 80.8 Å². The van der Waals surface area contributed by atoms with Gasteiger partial charge in [0.2, 0.25) is 5.95 Å². The van der Waals surface area contributed by atoms with E-state index in [0.29, 0.717) is 0 Å². The molecule has 0 bridgehead atoms. The lowest BCUT2D eigenvalue weighted by atomic mass is 10.00. The molecule has 2 aromatic heterocycles. The van der Waals surface area contributed by atoms with Crippen molar-refractivity contribution in [2.75, 3.05) is 17.2 Å². The van der Waals surface area contributed by atoms with Crippen molar-refractivity contribution in [3.8, 4) is 11.1 Å². The summed E-state index contributed by atoms with van der Waals surface area (Å²) in [5, 5.41) is 0. The van der Waals surface area contributed by atoms with Crippen LogP contribution in [0.4, 0.5) is 16.2 Å². The zero-order chi connectivity index (χ0) is 17.2. The molecular weight excluding hydrogens is 319 g/mol. The van der Waals surface area contributed by atoms with Crippen LogP contribution in [-0.4, -0.2) is 26.5 Å². The predicted molar refractivity (Wildman–Crippen MR) is 93.2 cm³/mol. The Hall–Kier alpha value is -3.09. The first-order chi connectivity index (χ1) is 12.2. The Morgan fingerprint density at radius 2 is 2.08 bits per heavy atom. The summed E-state index contributed by atoms with van der Waals surface area (Å²) in [4.78, 5) is 19.3. The Labute approximate surface area is 144 Å². The highest BCUT2D eigenvalue weighted by Gasteiger charge is 2.31. The minimum Gasteiger partial charge on any atom is -0.368 e. The van der Waals surface area contributed by atoms with Crippen LogP contribution in [0.5, 0.6) is 0 Å². The van der Waals surface area contributed by atoms with E-state index in [9.17, 15) is 4.39 Å². The maximum absolute atomic E-state index is 13.7. The lowest BCUT2D eigenvalue weighted by molar-refractivity contribution is 0.628. The molecule has 0 unspecified atom stereocenters. The molecule has 1 atom stereocenters. The number of halogens is 1. The van der Waals surface area contributed by atoms with E-state index in [4.69, 9.17) is 5.73 Å². The van der Waals surface area contributed by atoms with Gasteiger partial charge in [-0.05, 0) is 30.5 Å². The van der Waals surface area contributed by atoms with E-state index in [1.807, 2.05) is 6.07 Å². The molecule has 126 valence electrons. The summed E-state index contributed by atoms with van der Waals surface area (Å²) < 4.78 is 13.7. The molecule has 6 nitrogen and oxygen atoms in total. The lowest BCUT2D eigenvalue weighted by Crippen LogP contribution is -2.25. The predicted octanol–water partition coefficient (Wildman–Crippen LogP) is 3.00. The lowest BCUT2D eigenvalue weighted by Gasteiger charge is -2.26. The maximum atomic E-state index is 13.7. The molecule has 2 N–H and O–H groups in total. The van der Waals surface area contributed by atoms with Crippen molar-refractivity contribution < 1.29 is 4.39 Å². The Kier molecular flexibility index (Phi) is 3.97. The molecular formula is C18H17FN6. The summed E-state index contributed by atoms with van der Waals surface area (Å²) in [7, 11) is 0. The Morgan fingerprint density at radius 1 is 1.16 bits per heavy atom. The van der Waals surface area contributed by atoms with Gasteiger partial charge in [0.25, 0.3) is 0 Å². The summed E-state index contributed by atoms with van der Waals surface area (Å²) in [5.41, 5.74) is 8.16. The van der Waals surface area contributed by atoms with E-state index in [2.05, 4.69) is 24.8 Å². The van der Waals surface area contributed by atoms with E-state index < -0.39 is 0 Å². The second-order valence-corrected chi connectivity index (χ2v) is 5.95. The molecule has 0 aliphatic carbocycles. The van der Waals surface area contributed by atoms with Crippen LogP contribution < -0.4 is 10.6 Å². The van der Waals surface area contributed by atoms with Crippen LogP contribution in [0.25, 0.3) is 11.1 Å². The van der Waals surface area contributed by atoms with Crippen molar-refractivity contribution >= 4 is 11.8 Å². The van der Waals surface area contributed by atoms with Crippen molar-refractivity contribution in [1.82, 2.24) is 19.9 Å². The molecule has 0 saturated carbocycles. The first-order valence-electron chi connectivity index (χ1n) is 8.13. The van der Waals surface area contributed by atoms with Gasteiger partial charge < -0.3 is 10.6 Å². The molecule has 3 heterocycles. The van der Waals surface area contributed by atoms with Gasteiger partial charge in [0, 0.05) is 30.7 Å². The highest BCUT2D eigenvalue weighted by molar-refractivity contribution is 5.67. The SMILES string of the molecule is Nc1ncc(-c2cccc(F)c2)c([C@H]2CCCN2c2cnccn2)n1. The Bertz CT molecular complexity index is 886. The van der Waals surface area contributed by atoms with Gasteiger partial charge in [-0.25, -0.2) is 19.3 Å². The van der Waals surface area contributed by atoms with Crippen LogP contribution in [0, 0.1) is 5.82 Å². The minimum atomic E-state index is -0.294. The van der Waals surface area contributed by atoms with Gasteiger partial charge in [-0.1, -0.05) is 12.1 Å². The summed E-state index contributed by atoms with van der Waals surface area (Å²) in [5.74, 6) is 0.714. The molecule has 1 aliphatic rings. The van der Waals surface area contributed by atoms with Gasteiger partial charge in [0.15, 0.2) is 0 Å². The number of benzene rings is 1. The number of rotatable bonds is 3. The second-order valence-electron chi connectivity index (χ2n) is 5.95. The zero-order valence-electron chi connectivity index (χ0n) is 13.5.